The summed E-state index contributed by atoms with van der Waals surface area (Å²) in [5, 5.41) is 18.6. The number of aromatic nitrogens is 1. The number of hydrogen-bond donors (Lipinski definition) is 3. The lowest BCUT2D eigenvalue weighted by Gasteiger charge is -2.21. The average molecular weight is 342 g/mol. The minimum atomic E-state index is -0.501. The van der Waals surface area contributed by atoms with E-state index in [9.17, 15) is 9.90 Å². The molecule has 2 amide bonds. The number of rotatable bonds is 7. The van der Waals surface area contributed by atoms with Gasteiger partial charge in [-0.3, -0.25) is 0 Å². The summed E-state index contributed by atoms with van der Waals surface area (Å²) in [6, 6.07) is -0.420. The minimum absolute atomic E-state index is 0.0101. The predicted molar refractivity (Wildman–Crippen MR) is 95.8 cm³/mol. The summed E-state index contributed by atoms with van der Waals surface area (Å²) in [4.78, 5) is 16.6. The van der Waals surface area contributed by atoms with Gasteiger partial charge in [-0.15, -0.1) is 11.3 Å². The van der Waals surface area contributed by atoms with Crippen LogP contribution in [0.15, 0.2) is 5.38 Å². The Labute approximate surface area is 143 Å². The van der Waals surface area contributed by atoms with Crippen LogP contribution in [0.4, 0.5) is 4.79 Å². The molecule has 1 rings (SSSR count). The van der Waals surface area contributed by atoms with Gasteiger partial charge in [0.2, 0.25) is 0 Å². The first kappa shape index (κ1) is 19.9. The lowest BCUT2D eigenvalue weighted by molar-refractivity contribution is 0.103. The molecule has 1 aromatic heterocycles. The van der Waals surface area contributed by atoms with E-state index in [1.54, 1.807) is 11.3 Å². The molecular weight excluding hydrogens is 310 g/mol. The van der Waals surface area contributed by atoms with E-state index in [0.29, 0.717) is 0 Å². The summed E-state index contributed by atoms with van der Waals surface area (Å²) in [7, 11) is 0. The average Bonchev–Trinajstić information content (AvgIpc) is 2.96. The molecular formula is C17H31N3O2S. The number of hydrogen-bond acceptors (Lipinski definition) is 4. The van der Waals surface area contributed by atoms with Crippen molar-refractivity contribution in [1.29, 1.82) is 0 Å². The van der Waals surface area contributed by atoms with Crippen molar-refractivity contribution in [2.45, 2.75) is 71.9 Å². The molecule has 0 fully saturated rings. The molecule has 23 heavy (non-hydrogen) atoms. The Kier molecular flexibility index (Phi) is 7.48. The Morgan fingerprint density at radius 3 is 2.43 bits per heavy atom. The summed E-state index contributed by atoms with van der Waals surface area (Å²) >= 11 is 1.56. The van der Waals surface area contributed by atoms with Crippen LogP contribution < -0.4 is 10.6 Å². The van der Waals surface area contributed by atoms with E-state index in [1.807, 2.05) is 12.3 Å². The van der Waals surface area contributed by atoms with Crippen molar-refractivity contribution in [2.24, 2.45) is 5.92 Å². The smallest absolute Gasteiger partial charge is 0.315 e. The van der Waals surface area contributed by atoms with Crippen LogP contribution in [0.1, 0.15) is 71.1 Å². The molecule has 3 N–H and O–H groups in total. The molecule has 1 heterocycles. The zero-order valence-electron chi connectivity index (χ0n) is 15.1. The number of thiazole rings is 1. The first-order chi connectivity index (χ1) is 10.7. The Morgan fingerprint density at radius 2 is 1.96 bits per heavy atom. The summed E-state index contributed by atoms with van der Waals surface area (Å²) in [6.45, 7) is 12.7. The highest BCUT2D eigenvalue weighted by atomic mass is 32.1. The van der Waals surface area contributed by atoms with Gasteiger partial charge in [0.05, 0.1) is 17.8 Å². The Bertz CT molecular complexity index is 492. The van der Waals surface area contributed by atoms with Crippen LogP contribution in [0, 0.1) is 5.92 Å². The molecule has 5 nitrogen and oxygen atoms in total. The van der Waals surface area contributed by atoms with E-state index in [0.717, 1.165) is 23.5 Å². The summed E-state index contributed by atoms with van der Waals surface area (Å²) in [5.74, 6) is 0.223. The number of amides is 2. The highest BCUT2D eigenvalue weighted by Crippen LogP contribution is 2.26. The van der Waals surface area contributed by atoms with E-state index in [4.69, 9.17) is 0 Å². The highest BCUT2D eigenvalue weighted by Gasteiger charge is 2.21. The molecule has 2 atom stereocenters. The molecule has 0 aliphatic heterocycles. The van der Waals surface area contributed by atoms with Crippen molar-refractivity contribution in [3.8, 4) is 0 Å². The number of nitrogens with one attached hydrogen (secondary N) is 2. The van der Waals surface area contributed by atoms with Crippen molar-refractivity contribution in [3.05, 3.63) is 16.1 Å². The Morgan fingerprint density at radius 1 is 1.35 bits per heavy atom. The SMILES string of the molecule is CCC(CC)C(O)CNC(=O)NC(C)c1nc(C(C)(C)C)cs1. The lowest BCUT2D eigenvalue weighted by Crippen LogP contribution is -2.42. The third-order valence-corrected chi connectivity index (χ3v) is 5.10. The van der Waals surface area contributed by atoms with E-state index in [-0.39, 0.29) is 30.0 Å². The molecule has 0 aromatic carbocycles. The van der Waals surface area contributed by atoms with Gasteiger partial charge in [0.15, 0.2) is 0 Å². The second kappa shape index (κ2) is 8.64. The minimum Gasteiger partial charge on any atom is -0.391 e. The van der Waals surface area contributed by atoms with Gasteiger partial charge in [-0.1, -0.05) is 47.5 Å². The number of aliphatic hydroxyl groups is 1. The van der Waals surface area contributed by atoms with Gasteiger partial charge < -0.3 is 15.7 Å². The lowest BCUT2D eigenvalue weighted by atomic mass is 9.93. The number of urea groups is 1. The van der Waals surface area contributed by atoms with Crippen LogP contribution in [0.5, 0.6) is 0 Å². The number of nitrogens with zero attached hydrogens (tertiary/aromatic N) is 1. The number of carbonyl (C=O) groups excluding carboxylic acids is 1. The van der Waals surface area contributed by atoms with Gasteiger partial charge in [0.1, 0.15) is 5.01 Å². The van der Waals surface area contributed by atoms with Crippen LogP contribution in [-0.4, -0.2) is 28.8 Å². The van der Waals surface area contributed by atoms with E-state index >= 15 is 0 Å². The van der Waals surface area contributed by atoms with Gasteiger partial charge in [0.25, 0.3) is 0 Å². The summed E-state index contributed by atoms with van der Waals surface area (Å²) in [5.41, 5.74) is 1.05. The quantitative estimate of drug-likeness (QED) is 0.709. The Balaban J connectivity index is 2.49. The van der Waals surface area contributed by atoms with Crippen LogP contribution in [0.25, 0.3) is 0 Å². The van der Waals surface area contributed by atoms with E-state index < -0.39 is 6.10 Å². The molecule has 0 bridgehead atoms. The third kappa shape index (κ3) is 6.11. The monoisotopic (exact) mass is 341 g/mol. The number of carbonyl (C=O) groups is 1. The fraction of sp³-hybridized carbons (Fsp3) is 0.765. The molecule has 0 saturated carbocycles. The van der Waals surface area contributed by atoms with Gasteiger partial charge in [-0.05, 0) is 12.8 Å². The second-order valence-corrected chi connectivity index (χ2v) is 7.93. The van der Waals surface area contributed by atoms with Gasteiger partial charge >= 0.3 is 6.03 Å². The fourth-order valence-corrected chi connectivity index (χ4v) is 3.39. The standard InChI is InChI=1S/C17H31N3O2S/c1-7-12(8-2)13(21)9-18-16(22)19-11(3)15-20-14(10-23-15)17(4,5)6/h10-13,21H,7-9H2,1-6H3,(H2,18,19,22). The van der Waals surface area contributed by atoms with Gasteiger partial charge in [-0.2, -0.15) is 0 Å². The molecule has 2 unspecified atom stereocenters. The highest BCUT2D eigenvalue weighted by molar-refractivity contribution is 7.09. The van der Waals surface area contributed by atoms with Crippen molar-refractivity contribution < 1.29 is 9.90 Å². The fourth-order valence-electron chi connectivity index (χ4n) is 2.34. The largest absolute Gasteiger partial charge is 0.391 e. The molecule has 132 valence electrons. The molecule has 1 aromatic rings. The maximum Gasteiger partial charge on any atom is 0.315 e. The van der Waals surface area contributed by atoms with E-state index in [2.05, 4.69) is 50.2 Å². The summed E-state index contributed by atoms with van der Waals surface area (Å²) < 4.78 is 0. The molecule has 0 aliphatic rings. The van der Waals surface area contributed by atoms with Crippen LogP contribution in [-0.2, 0) is 5.41 Å². The zero-order valence-corrected chi connectivity index (χ0v) is 16.0. The van der Waals surface area contributed by atoms with Crippen LogP contribution in [0.2, 0.25) is 0 Å². The first-order valence-electron chi connectivity index (χ1n) is 8.37. The van der Waals surface area contributed by atoms with Crippen LogP contribution in [0.3, 0.4) is 0 Å². The van der Waals surface area contributed by atoms with Crippen LogP contribution >= 0.6 is 11.3 Å². The van der Waals surface area contributed by atoms with Crippen molar-refractivity contribution in [3.63, 3.8) is 0 Å². The molecule has 0 aliphatic carbocycles. The topological polar surface area (TPSA) is 74.2 Å². The third-order valence-electron chi connectivity index (χ3n) is 4.07. The predicted octanol–water partition coefficient (Wildman–Crippen LogP) is 3.60. The van der Waals surface area contributed by atoms with Gasteiger partial charge in [-0.25, -0.2) is 9.78 Å². The second-order valence-electron chi connectivity index (χ2n) is 7.04. The number of aliphatic hydroxyl groups excluding tert-OH is 1. The molecule has 0 spiro atoms. The maximum absolute atomic E-state index is 12.0. The van der Waals surface area contributed by atoms with Crippen molar-refractivity contribution in [2.75, 3.05) is 6.54 Å². The first-order valence-corrected chi connectivity index (χ1v) is 9.25. The molecule has 0 saturated heterocycles. The zero-order chi connectivity index (χ0) is 17.6. The Hall–Kier alpha value is -1.14. The van der Waals surface area contributed by atoms with Crippen molar-refractivity contribution in [1.82, 2.24) is 15.6 Å². The van der Waals surface area contributed by atoms with Gasteiger partial charge in [0, 0.05) is 17.3 Å². The van der Waals surface area contributed by atoms with E-state index in [1.165, 1.54) is 0 Å². The maximum atomic E-state index is 12.0. The van der Waals surface area contributed by atoms with Crippen molar-refractivity contribution >= 4 is 17.4 Å². The molecule has 0 radical (unpaired) electrons. The molecule has 6 heteroatoms. The summed E-state index contributed by atoms with van der Waals surface area (Å²) in [6.07, 6.45) is 1.32. The normalized spacial score (nSPS) is 14.6.